The van der Waals surface area contributed by atoms with Gasteiger partial charge in [-0.15, -0.1) is 0 Å². The maximum atomic E-state index is 11.6. The van der Waals surface area contributed by atoms with E-state index in [1.165, 1.54) is 6.07 Å². The fraction of sp³-hybridized carbons (Fsp3) is 0.533. The number of halogens is 2. The predicted molar refractivity (Wildman–Crippen MR) is 83.0 cm³/mol. The molecule has 1 aromatic rings. The lowest BCUT2D eigenvalue weighted by atomic mass is 9.83. The summed E-state index contributed by atoms with van der Waals surface area (Å²) >= 11 is 11.9. The number of carbonyl (C=O) groups is 1. The number of likely N-dealkylation sites (tertiary alicyclic amines) is 1. The number of rotatable bonds is 5. The number of benzene rings is 1. The van der Waals surface area contributed by atoms with Crippen LogP contribution in [0.5, 0.6) is 5.75 Å². The fourth-order valence-electron chi connectivity index (χ4n) is 3.04. The highest BCUT2D eigenvalue weighted by Crippen LogP contribution is 2.38. The third-order valence-corrected chi connectivity index (χ3v) is 4.62. The number of carboxylic acid groups (broad SMARTS) is 1. The molecule has 0 radical (unpaired) electrons. The van der Waals surface area contributed by atoms with E-state index in [0.29, 0.717) is 43.1 Å². The second-order valence-electron chi connectivity index (χ2n) is 5.69. The average molecular weight is 332 g/mol. The third kappa shape index (κ3) is 3.44. The van der Waals surface area contributed by atoms with Crippen LogP contribution in [0.2, 0.25) is 10.0 Å². The van der Waals surface area contributed by atoms with Gasteiger partial charge in [0.05, 0.1) is 10.4 Å². The van der Waals surface area contributed by atoms with Crippen LogP contribution in [0.25, 0.3) is 0 Å². The summed E-state index contributed by atoms with van der Waals surface area (Å²) in [5.41, 5.74) is -0.0441. The lowest BCUT2D eigenvalue weighted by Crippen LogP contribution is -2.34. The van der Waals surface area contributed by atoms with Gasteiger partial charge in [-0.05, 0) is 31.5 Å². The molecule has 4 nitrogen and oxygen atoms in total. The summed E-state index contributed by atoms with van der Waals surface area (Å²) in [6, 6.07) is 3.16. The van der Waals surface area contributed by atoms with E-state index in [1.54, 1.807) is 6.07 Å². The van der Waals surface area contributed by atoms with Crippen LogP contribution in [-0.4, -0.2) is 34.2 Å². The molecular formula is C15H19Cl2NO3. The van der Waals surface area contributed by atoms with Gasteiger partial charge in [-0.1, -0.05) is 36.5 Å². The van der Waals surface area contributed by atoms with E-state index in [-0.39, 0.29) is 10.8 Å². The Kier molecular flexibility index (Phi) is 5.02. The first-order valence-electron chi connectivity index (χ1n) is 7.00. The maximum Gasteiger partial charge on any atom is 0.310 e. The standard InChI is InChI=1S/C15H19Cl2NO3/c1-2-3-15(14(20)21)4-5-18(9-15)8-10-6-11(16)7-12(17)13(10)19/h6-7,19H,2-5,8-9H2,1H3,(H,20,21). The summed E-state index contributed by atoms with van der Waals surface area (Å²) in [6.45, 7) is 3.62. The topological polar surface area (TPSA) is 60.8 Å². The van der Waals surface area contributed by atoms with Gasteiger partial charge in [-0.3, -0.25) is 9.69 Å². The van der Waals surface area contributed by atoms with Gasteiger partial charge < -0.3 is 10.2 Å². The SMILES string of the molecule is CCCC1(C(=O)O)CCN(Cc2cc(Cl)cc(Cl)c2O)C1. The smallest absolute Gasteiger partial charge is 0.310 e. The van der Waals surface area contributed by atoms with Crippen LogP contribution in [0.1, 0.15) is 31.7 Å². The van der Waals surface area contributed by atoms with E-state index in [0.717, 1.165) is 6.42 Å². The van der Waals surface area contributed by atoms with Crippen LogP contribution < -0.4 is 0 Å². The molecular weight excluding hydrogens is 313 g/mol. The number of aliphatic carboxylic acids is 1. The van der Waals surface area contributed by atoms with E-state index in [4.69, 9.17) is 23.2 Å². The zero-order valence-electron chi connectivity index (χ0n) is 11.9. The summed E-state index contributed by atoms with van der Waals surface area (Å²) in [4.78, 5) is 13.6. The molecule has 1 saturated heterocycles. The van der Waals surface area contributed by atoms with Crippen LogP contribution >= 0.6 is 23.2 Å². The Morgan fingerprint density at radius 1 is 1.43 bits per heavy atom. The largest absolute Gasteiger partial charge is 0.506 e. The zero-order valence-corrected chi connectivity index (χ0v) is 13.4. The van der Waals surface area contributed by atoms with Crippen molar-refractivity contribution in [1.29, 1.82) is 0 Å². The Bertz CT molecular complexity index is 550. The molecule has 1 atom stereocenters. The molecule has 6 heteroatoms. The van der Waals surface area contributed by atoms with E-state index in [1.807, 2.05) is 11.8 Å². The second-order valence-corrected chi connectivity index (χ2v) is 6.54. The quantitative estimate of drug-likeness (QED) is 0.861. The first kappa shape index (κ1) is 16.4. The molecule has 1 aromatic carbocycles. The van der Waals surface area contributed by atoms with Crippen molar-refractivity contribution in [1.82, 2.24) is 4.90 Å². The maximum absolute atomic E-state index is 11.6. The molecule has 0 amide bonds. The Morgan fingerprint density at radius 3 is 2.76 bits per heavy atom. The average Bonchev–Trinajstić information content (AvgIpc) is 2.80. The Balaban J connectivity index is 2.14. The van der Waals surface area contributed by atoms with Crippen LogP contribution in [0.15, 0.2) is 12.1 Å². The van der Waals surface area contributed by atoms with Crippen molar-refractivity contribution in [2.45, 2.75) is 32.7 Å². The number of nitrogens with zero attached hydrogens (tertiary/aromatic N) is 1. The first-order chi connectivity index (χ1) is 9.88. The zero-order chi connectivity index (χ0) is 15.6. The normalized spacial score (nSPS) is 22.6. The van der Waals surface area contributed by atoms with Crippen LogP contribution in [-0.2, 0) is 11.3 Å². The lowest BCUT2D eigenvalue weighted by Gasteiger charge is -2.24. The van der Waals surface area contributed by atoms with Gasteiger partial charge in [0, 0.05) is 23.7 Å². The van der Waals surface area contributed by atoms with Gasteiger partial charge in [0.2, 0.25) is 0 Å². The van der Waals surface area contributed by atoms with Gasteiger partial charge in [0.1, 0.15) is 5.75 Å². The Morgan fingerprint density at radius 2 is 2.14 bits per heavy atom. The van der Waals surface area contributed by atoms with Crippen LogP contribution in [0, 0.1) is 5.41 Å². The minimum absolute atomic E-state index is 0.0179. The van der Waals surface area contributed by atoms with Crippen molar-refractivity contribution >= 4 is 29.2 Å². The minimum Gasteiger partial charge on any atom is -0.506 e. The van der Waals surface area contributed by atoms with Gasteiger partial charge >= 0.3 is 5.97 Å². The van der Waals surface area contributed by atoms with Crippen molar-refractivity contribution in [3.05, 3.63) is 27.7 Å². The van der Waals surface area contributed by atoms with E-state index >= 15 is 0 Å². The lowest BCUT2D eigenvalue weighted by molar-refractivity contribution is -0.148. The fourth-order valence-corrected chi connectivity index (χ4v) is 3.57. The van der Waals surface area contributed by atoms with E-state index in [2.05, 4.69) is 0 Å². The summed E-state index contributed by atoms with van der Waals surface area (Å²) in [5, 5.41) is 20.2. The molecule has 0 saturated carbocycles. The molecule has 21 heavy (non-hydrogen) atoms. The van der Waals surface area contributed by atoms with E-state index in [9.17, 15) is 15.0 Å². The monoisotopic (exact) mass is 331 g/mol. The van der Waals surface area contributed by atoms with Gasteiger partial charge in [-0.2, -0.15) is 0 Å². The van der Waals surface area contributed by atoms with Crippen LogP contribution in [0.3, 0.4) is 0 Å². The van der Waals surface area contributed by atoms with Crippen molar-refractivity contribution in [3.8, 4) is 5.75 Å². The molecule has 0 bridgehead atoms. The highest BCUT2D eigenvalue weighted by Gasteiger charge is 2.43. The van der Waals surface area contributed by atoms with Gasteiger partial charge in [0.15, 0.2) is 0 Å². The second kappa shape index (κ2) is 6.42. The molecule has 0 aromatic heterocycles. The van der Waals surface area contributed by atoms with Crippen molar-refractivity contribution in [2.24, 2.45) is 5.41 Å². The summed E-state index contributed by atoms with van der Waals surface area (Å²) in [5.74, 6) is -0.718. The van der Waals surface area contributed by atoms with Gasteiger partial charge in [0.25, 0.3) is 0 Å². The molecule has 1 aliphatic rings. The summed E-state index contributed by atoms with van der Waals surface area (Å²) in [7, 11) is 0. The van der Waals surface area contributed by atoms with E-state index < -0.39 is 11.4 Å². The number of hydrogen-bond donors (Lipinski definition) is 2. The number of phenols is 1. The summed E-state index contributed by atoms with van der Waals surface area (Å²) in [6.07, 6.45) is 2.14. The predicted octanol–water partition coefficient (Wildman–Crippen LogP) is 3.78. The first-order valence-corrected chi connectivity index (χ1v) is 7.76. The highest BCUT2D eigenvalue weighted by molar-refractivity contribution is 6.35. The molecule has 116 valence electrons. The number of aromatic hydroxyl groups is 1. The minimum atomic E-state index is -0.736. The molecule has 1 aliphatic heterocycles. The molecule has 0 aliphatic carbocycles. The molecule has 1 heterocycles. The molecule has 1 fully saturated rings. The van der Waals surface area contributed by atoms with Crippen LogP contribution in [0.4, 0.5) is 0 Å². The number of hydrogen-bond acceptors (Lipinski definition) is 3. The number of phenolic OH excluding ortho intramolecular Hbond substituents is 1. The highest BCUT2D eigenvalue weighted by atomic mass is 35.5. The van der Waals surface area contributed by atoms with Crippen molar-refractivity contribution in [3.63, 3.8) is 0 Å². The Labute approximate surface area is 134 Å². The van der Waals surface area contributed by atoms with Gasteiger partial charge in [-0.25, -0.2) is 0 Å². The summed E-state index contributed by atoms with van der Waals surface area (Å²) < 4.78 is 0. The Hall–Kier alpha value is -0.970. The molecule has 0 spiro atoms. The molecule has 2 N–H and O–H groups in total. The molecule has 1 unspecified atom stereocenters. The third-order valence-electron chi connectivity index (χ3n) is 4.12. The molecule has 2 rings (SSSR count). The van der Waals surface area contributed by atoms with Crippen molar-refractivity contribution < 1.29 is 15.0 Å². The number of carboxylic acids is 1. The van der Waals surface area contributed by atoms with Crippen molar-refractivity contribution in [2.75, 3.05) is 13.1 Å².